The molecular weight excluding hydrogens is 252 g/mol. The number of hydrogen-bond donors (Lipinski definition) is 1. The zero-order valence-corrected chi connectivity index (χ0v) is 12.6. The van der Waals surface area contributed by atoms with Crippen molar-refractivity contribution in [3.05, 3.63) is 23.4 Å². The Labute approximate surface area is 121 Å². The van der Waals surface area contributed by atoms with Crippen LogP contribution in [0.3, 0.4) is 0 Å². The number of likely N-dealkylation sites (N-methyl/N-ethyl adjacent to an activating group) is 1. The van der Waals surface area contributed by atoms with E-state index in [-0.39, 0.29) is 5.91 Å². The van der Waals surface area contributed by atoms with Crippen LogP contribution in [0.1, 0.15) is 29.9 Å². The van der Waals surface area contributed by atoms with Crippen molar-refractivity contribution in [1.29, 1.82) is 0 Å². The van der Waals surface area contributed by atoms with Gasteiger partial charge in [0, 0.05) is 44.5 Å². The van der Waals surface area contributed by atoms with Gasteiger partial charge in [0.25, 0.3) is 5.91 Å². The van der Waals surface area contributed by atoms with Crippen LogP contribution < -0.4 is 5.32 Å². The molecule has 1 aromatic heterocycles. The third-order valence-electron chi connectivity index (χ3n) is 3.85. The van der Waals surface area contributed by atoms with Gasteiger partial charge in [-0.2, -0.15) is 0 Å². The Balaban J connectivity index is 2.12. The lowest BCUT2D eigenvalue weighted by Crippen LogP contribution is -2.48. The molecule has 0 bridgehead atoms. The average molecular weight is 276 g/mol. The number of nitrogens with one attached hydrogen (secondary N) is 1. The topological polar surface area (TPSA) is 48.5 Å². The van der Waals surface area contributed by atoms with Crippen molar-refractivity contribution in [2.45, 2.75) is 20.3 Å². The molecule has 20 heavy (non-hydrogen) atoms. The first-order chi connectivity index (χ1) is 9.67. The minimum Gasteiger partial charge on any atom is -0.373 e. The van der Waals surface area contributed by atoms with E-state index in [0.717, 1.165) is 56.2 Å². The molecule has 0 atom stereocenters. The summed E-state index contributed by atoms with van der Waals surface area (Å²) in [7, 11) is 1.83. The second-order valence-corrected chi connectivity index (χ2v) is 5.06. The molecule has 0 aromatic carbocycles. The maximum atomic E-state index is 12.6. The average Bonchev–Trinajstić information content (AvgIpc) is 2.53. The van der Waals surface area contributed by atoms with Gasteiger partial charge in [-0.1, -0.05) is 13.8 Å². The van der Waals surface area contributed by atoms with E-state index < -0.39 is 0 Å². The molecule has 1 amide bonds. The molecule has 0 radical (unpaired) electrons. The number of amides is 1. The van der Waals surface area contributed by atoms with Crippen LogP contribution in [-0.4, -0.2) is 60.5 Å². The zero-order valence-electron chi connectivity index (χ0n) is 12.6. The van der Waals surface area contributed by atoms with Crippen molar-refractivity contribution < 1.29 is 4.79 Å². The Bertz CT molecular complexity index is 445. The van der Waals surface area contributed by atoms with Crippen molar-refractivity contribution in [2.75, 3.05) is 45.1 Å². The van der Waals surface area contributed by atoms with E-state index in [2.05, 4.69) is 29.0 Å². The molecule has 1 fully saturated rings. The minimum atomic E-state index is 0.120. The summed E-state index contributed by atoms with van der Waals surface area (Å²) < 4.78 is 0. The van der Waals surface area contributed by atoms with Gasteiger partial charge in [0.15, 0.2) is 0 Å². The van der Waals surface area contributed by atoms with Gasteiger partial charge in [-0.15, -0.1) is 0 Å². The Morgan fingerprint density at radius 3 is 2.50 bits per heavy atom. The van der Waals surface area contributed by atoms with Gasteiger partial charge in [-0.05, 0) is 25.1 Å². The van der Waals surface area contributed by atoms with Crippen LogP contribution in [0, 0.1) is 0 Å². The third kappa shape index (κ3) is 3.28. The number of aryl methyl sites for hydroxylation is 1. The molecule has 110 valence electrons. The summed E-state index contributed by atoms with van der Waals surface area (Å²) in [6.45, 7) is 8.82. The summed E-state index contributed by atoms with van der Waals surface area (Å²) in [4.78, 5) is 21.3. The van der Waals surface area contributed by atoms with E-state index in [4.69, 9.17) is 0 Å². The van der Waals surface area contributed by atoms with Crippen molar-refractivity contribution in [2.24, 2.45) is 0 Å². The predicted molar refractivity (Wildman–Crippen MR) is 81.2 cm³/mol. The molecule has 5 nitrogen and oxygen atoms in total. The largest absolute Gasteiger partial charge is 0.373 e. The summed E-state index contributed by atoms with van der Waals surface area (Å²) in [6.07, 6.45) is 0.833. The number of hydrogen-bond acceptors (Lipinski definition) is 4. The molecule has 5 heteroatoms. The summed E-state index contributed by atoms with van der Waals surface area (Å²) in [5.74, 6) is 0.884. The number of rotatable bonds is 4. The number of piperazine rings is 1. The summed E-state index contributed by atoms with van der Waals surface area (Å²) in [5, 5.41) is 3.03. The Hall–Kier alpha value is -1.62. The molecule has 1 aromatic rings. The van der Waals surface area contributed by atoms with Crippen LogP contribution in [-0.2, 0) is 6.42 Å². The molecule has 1 aliphatic heterocycles. The highest BCUT2D eigenvalue weighted by Gasteiger charge is 2.22. The normalized spacial score (nSPS) is 16.2. The number of anilines is 1. The van der Waals surface area contributed by atoms with Crippen LogP contribution in [0.2, 0.25) is 0 Å². The Morgan fingerprint density at radius 1 is 1.25 bits per heavy atom. The van der Waals surface area contributed by atoms with Crippen LogP contribution in [0.25, 0.3) is 0 Å². The van der Waals surface area contributed by atoms with E-state index >= 15 is 0 Å². The van der Waals surface area contributed by atoms with Gasteiger partial charge in [-0.25, -0.2) is 4.98 Å². The number of pyridine rings is 1. The fourth-order valence-corrected chi connectivity index (χ4v) is 2.47. The summed E-state index contributed by atoms with van der Waals surface area (Å²) in [6, 6.07) is 3.75. The maximum absolute atomic E-state index is 12.6. The van der Waals surface area contributed by atoms with Crippen molar-refractivity contribution in [1.82, 2.24) is 14.8 Å². The highest BCUT2D eigenvalue weighted by molar-refractivity contribution is 5.95. The van der Waals surface area contributed by atoms with Gasteiger partial charge in [-0.3, -0.25) is 4.79 Å². The zero-order chi connectivity index (χ0) is 14.5. The van der Waals surface area contributed by atoms with Gasteiger partial charge < -0.3 is 15.1 Å². The van der Waals surface area contributed by atoms with Crippen LogP contribution >= 0.6 is 0 Å². The molecule has 0 aliphatic carbocycles. The van der Waals surface area contributed by atoms with Crippen molar-refractivity contribution >= 4 is 11.7 Å². The highest BCUT2D eigenvalue weighted by atomic mass is 16.2. The molecule has 2 heterocycles. The lowest BCUT2D eigenvalue weighted by Gasteiger charge is -2.34. The maximum Gasteiger partial charge on any atom is 0.254 e. The van der Waals surface area contributed by atoms with Crippen molar-refractivity contribution in [3.8, 4) is 0 Å². The molecule has 0 saturated carbocycles. The van der Waals surface area contributed by atoms with Crippen LogP contribution in [0.4, 0.5) is 5.82 Å². The minimum absolute atomic E-state index is 0.120. The Morgan fingerprint density at radius 2 is 1.95 bits per heavy atom. The molecule has 1 N–H and O–H groups in total. The van der Waals surface area contributed by atoms with Crippen molar-refractivity contribution in [3.63, 3.8) is 0 Å². The molecule has 1 saturated heterocycles. The van der Waals surface area contributed by atoms with E-state index in [0.29, 0.717) is 0 Å². The third-order valence-corrected chi connectivity index (χ3v) is 3.85. The van der Waals surface area contributed by atoms with Gasteiger partial charge in [0.05, 0.1) is 0 Å². The fraction of sp³-hybridized carbons (Fsp3) is 0.600. The summed E-state index contributed by atoms with van der Waals surface area (Å²) in [5.41, 5.74) is 1.69. The standard InChI is InChI=1S/C15H24N4O/c1-4-13-10-12(11-14(16-3)17-13)15(20)19-8-6-18(5-2)7-9-19/h10-11H,4-9H2,1-3H3,(H,16,17). The lowest BCUT2D eigenvalue weighted by molar-refractivity contribution is 0.0643. The first kappa shape index (κ1) is 14.8. The first-order valence-corrected chi connectivity index (χ1v) is 7.38. The smallest absolute Gasteiger partial charge is 0.254 e. The van der Waals surface area contributed by atoms with E-state index in [1.54, 1.807) is 0 Å². The highest BCUT2D eigenvalue weighted by Crippen LogP contribution is 2.14. The SMILES string of the molecule is CCc1cc(C(=O)N2CCN(CC)CC2)cc(NC)n1. The first-order valence-electron chi connectivity index (χ1n) is 7.38. The van der Waals surface area contributed by atoms with Gasteiger partial charge >= 0.3 is 0 Å². The second kappa shape index (κ2) is 6.70. The molecule has 0 spiro atoms. The predicted octanol–water partition coefficient (Wildman–Crippen LogP) is 1.46. The van der Waals surface area contributed by atoms with E-state index in [1.165, 1.54) is 0 Å². The molecule has 0 unspecified atom stereocenters. The van der Waals surface area contributed by atoms with E-state index in [9.17, 15) is 4.79 Å². The van der Waals surface area contributed by atoms with Crippen LogP contribution in [0.15, 0.2) is 12.1 Å². The number of aromatic nitrogens is 1. The van der Waals surface area contributed by atoms with E-state index in [1.807, 2.05) is 24.1 Å². The molecule has 2 rings (SSSR count). The van der Waals surface area contributed by atoms with Gasteiger partial charge in [0.2, 0.25) is 0 Å². The van der Waals surface area contributed by atoms with Gasteiger partial charge in [0.1, 0.15) is 5.82 Å². The second-order valence-electron chi connectivity index (χ2n) is 5.06. The summed E-state index contributed by atoms with van der Waals surface area (Å²) >= 11 is 0. The fourth-order valence-electron chi connectivity index (χ4n) is 2.47. The lowest BCUT2D eigenvalue weighted by atomic mass is 10.1. The molecule has 1 aliphatic rings. The molecular formula is C15H24N4O. The monoisotopic (exact) mass is 276 g/mol. The Kier molecular flexibility index (Phi) is 4.95. The number of carbonyl (C=O) groups is 1. The number of carbonyl (C=O) groups excluding carboxylic acids is 1. The number of nitrogens with zero attached hydrogens (tertiary/aromatic N) is 3. The quantitative estimate of drug-likeness (QED) is 0.904. The van der Waals surface area contributed by atoms with Crippen LogP contribution in [0.5, 0.6) is 0 Å².